The third-order valence-corrected chi connectivity index (χ3v) is 3.62. The molecule has 7 heteroatoms. The Morgan fingerprint density at radius 1 is 1.48 bits per heavy atom. The van der Waals surface area contributed by atoms with Crippen LogP contribution in [0.25, 0.3) is 0 Å². The average molecular weight is 291 g/mol. The first kappa shape index (κ1) is 14.9. The molecule has 7 nitrogen and oxygen atoms in total. The second kappa shape index (κ2) is 5.87. The second-order valence-corrected chi connectivity index (χ2v) is 5.07. The molecule has 2 heterocycles. The van der Waals surface area contributed by atoms with Crippen LogP contribution in [-0.4, -0.2) is 43.0 Å². The summed E-state index contributed by atoms with van der Waals surface area (Å²) in [5.41, 5.74) is 1.22. The van der Waals surface area contributed by atoms with Crippen LogP contribution in [-0.2, 0) is 19.5 Å². The van der Waals surface area contributed by atoms with Crippen molar-refractivity contribution >= 4 is 12.1 Å². The maximum Gasteiger partial charge on any atom is 0.407 e. The summed E-state index contributed by atoms with van der Waals surface area (Å²) >= 11 is 0. The summed E-state index contributed by atoms with van der Waals surface area (Å²) in [4.78, 5) is 23.9. The molecule has 1 atom stereocenters. The zero-order valence-electron chi connectivity index (χ0n) is 11.7. The number of carboxylic acid groups (broad SMARTS) is 2. The van der Waals surface area contributed by atoms with E-state index in [4.69, 9.17) is 6.42 Å². The van der Waals surface area contributed by atoms with Crippen LogP contribution < -0.4 is 0 Å². The molecule has 1 aromatic heterocycles. The van der Waals surface area contributed by atoms with Crippen LogP contribution in [0, 0.1) is 12.3 Å². The van der Waals surface area contributed by atoms with Gasteiger partial charge in [-0.25, -0.2) is 9.59 Å². The quantitative estimate of drug-likeness (QED) is 0.646. The topological polar surface area (TPSA) is 95.7 Å². The van der Waals surface area contributed by atoms with E-state index in [0.717, 1.165) is 0 Å². The highest BCUT2D eigenvalue weighted by molar-refractivity contribution is 5.88. The molecule has 0 unspecified atom stereocenters. The van der Waals surface area contributed by atoms with Gasteiger partial charge in [0.2, 0.25) is 0 Å². The predicted octanol–water partition coefficient (Wildman–Crippen LogP) is 1.42. The number of unbranched alkanes of at least 4 members (excludes halogenated alkanes) is 1. The molecular formula is C14H17N3O4. The number of carbonyl (C=O) groups is 2. The zero-order valence-corrected chi connectivity index (χ0v) is 11.7. The first-order chi connectivity index (χ1) is 9.95. The monoisotopic (exact) mass is 291 g/mol. The van der Waals surface area contributed by atoms with Crippen LogP contribution in [0.5, 0.6) is 0 Å². The maximum atomic E-state index is 11.5. The number of hydrogen-bond acceptors (Lipinski definition) is 3. The molecule has 1 aliphatic heterocycles. The van der Waals surface area contributed by atoms with E-state index in [0.29, 0.717) is 37.1 Å². The van der Waals surface area contributed by atoms with Gasteiger partial charge in [0.05, 0.1) is 12.2 Å². The van der Waals surface area contributed by atoms with Crippen LogP contribution in [0.3, 0.4) is 0 Å². The van der Waals surface area contributed by atoms with E-state index in [-0.39, 0.29) is 18.3 Å². The lowest BCUT2D eigenvalue weighted by molar-refractivity contribution is 0.0677. The van der Waals surface area contributed by atoms with E-state index in [1.54, 1.807) is 6.92 Å². The van der Waals surface area contributed by atoms with Gasteiger partial charge in [-0.1, -0.05) is 0 Å². The van der Waals surface area contributed by atoms with Crippen molar-refractivity contribution in [1.29, 1.82) is 0 Å². The van der Waals surface area contributed by atoms with E-state index in [1.165, 1.54) is 9.58 Å². The summed E-state index contributed by atoms with van der Waals surface area (Å²) in [6.45, 7) is 2.26. The smallest absolute Gasteiger partial charge is 0.407 e. The van der Waals surface area contributed by atoms with Crippen LogP contribution in [0.1, 0.15) is 41.5 Å². The van der Waals surface area contributed by atoms with Gasteiger partial charge in [-0.3, -0.25) is 4.68 Å². The van der Waals surface area contributed by atoms with Gasteiger partial charge >= 0.3 is 12.1 Å². The number of carboxylic acids is 1. The number of nitrogens with zero attached hydrogens (tertiary/aromatic N) is 3. The normalized spacial score (nSPS) is 17.1. The molecule has 0 fully saturated rings. The van der Waals surface area contributed by atoms with E-state index in [9.17, 15) is 19.8 Å². The number of terminal acetylenes is 1. The fourth-order valence-electron chi connectivity index (χ4n) is 2.58. The molecule has 1 aromatic rings. The number of aromatic carboxylic acids is 1. The third-order valence-electron chi connectivity index (χ3n) is 3.62. The fraction of sp³-hybridized carbons (Fsp3) is 0.500. The molecule has 0 bridgehead atoms. The molecule has 0 spiro atoms. The highest BCUT2D eigenvalue weighted by Crippen LogP contribution is 2.26. The molecule has 0 aliphatic carbocycles. The highest BCUT2D eigenvalue weighted by atomic mass is 16.4. The Morgan fingerprint density at radius 3 is 2.76 bits per heavy atom. The van der Waals surface area contributed by atoms with Crippen LogP contribution >= 0.6 is 0 Å². The lowest BCUT2D eigenvalue weighted by Crippen LogP contribution is -2.42. The molecule has 1 aliphatic rings. The van der Waals surface area contributed by atoms with Crippen molar-refractivity contribution in [2.24, 2.45) is 0 Å². The molecule has 2 N–H and O–H groups in total. The van der Waals surface area contributed by atoms with E-state index >= 15 is 0 Å². The second-order valence-electron chi connectivity index (χ2n) is 5.07. The van der Waals surface area contributed by atoms with E-state index in [2.05, 4.69) is 11.0 Å². The minimum Gasteiger partial charge on any atom is -0.477 e. The van der Waals surface area contributed by atoms with Crippen molar-refractivity contribution in [3.05, 3.63) is 17.0 Å². The summed E-state index contributed by atoms with van der Waals surface area (Å²) in [6.07, 6.45) is 5.74. The molecule has 21 heavy (non-hydrogen) atoms. The summed E-state index contributed by atoms with van der Waals surface area (Å²) in [7, 11) is 0. The number of rotatable bonds is 4. The minimum absolute atomic E-state index is 0.0581. The maximum absolute atomic E-state index is 11.5. The average Bonchev–Trinajstić information content (AvgIpc) is 2.75. The van der Waals surface area contributed by atoms with E-state index in [1.807, 2.05) is 0 Å². The van der Waals surface area contributed by atoms with Gasteiger partial charge in [0.25, 0.3) is 0 Å². The number of aryl methyl sites for hydroxylation is 1. The summed E-state index contributed by atoms with van der Waals surface area (Å²) in [5, 5.41) is 22.9. The molecule has 2 rings (SSSR count). The zero-order chi connectivity index (χ0) is 15.6. The van der Waals surface area contributed by atoms with Crippen LogP contribution in [0.4, 0.5) is 4.79 Å². The van der Waals surface area contributed by atoms with Crippen molar-refractivity contribution in [2.75, 3.05) is 0 Å². The Morgan fingerprint density at radius 2 is 2.19 bits per heavy atom. The van der Waals surface area contributed by atoms with Gasteiger partial charge in [-0.2, -0.15) is 5.10 Å². The van der Waals surface area contributed by atoms with Gasteiger partial charge in [0, 0.05) is 31.0 Å². The molecule has 112 valence electrons. The van der Waals surface area contributed by atoms with Gasteiger partial charge in [0.15, 0.2) is 5.69 Å². The Balaban J connectivity index is 2.36. The molecule has 0 saturated heterocycles. The summed E-state index contributed by atoms with van der Waals surface area (Å²) in [5.74, 6) is 1.41. The fourth-order valence-corrected chi connectivity index (χ4v) is 2.58. The van der Waals surface area contributed by atoms with Gasteiger partial charge < -0.3 is 15.1 Å². The molecular weight excluding hydrogens is 274 g/mol. The number of hydrogen-bond donors (Lipinski definition) is 2. The minimum atomic E-state index is -1.09. The van der Waals surface area contributed by atoms with Crippen molar-refractivity contribution in [3.8, 4) is 12.3 Å². The predicted molar refractivity (Wildman–Crippen MR) is 74.0 cm³/mol. The molecule has 1 amide bonds. The first-order valence-electron chi connectivity index (χ1n) is 6.70. The lowest BCUT2D eigenvalue weighted by Gasteiger charge is -2.30. The SMILES string of the molecule is C#CCCCn1nc2c(c1C(=O)O)CN(C(=O)O)[C@H](C)C2. The largest absolute Gasteiger partial charge is 0.477 e. The number of aromatic nitrogens is 2. The molecule has 0 saturated carbocycles. The Hall–Kier alpha value is -2.49. The number of fused-ring (bicyclic) bond motifs is 1. The van der Waals surface area contributed by atoms with Crippen molar-refractivity contribution in [2.45, 2.75) is 45.3 Å². The molecule has 0 aromatic carbocycles. The first-order valence-corrected chi connectivity index (χ1v) is 6.70. The Labute approximate surface area is 122 Å². The van der Waals surface area contributed by atoms with Gasteiger partial charge in [-0.05, 0) is 13.3 Å². The molecule has 0 radical (unpaired) electrons. The van der Waals surface area contributed by atoms with E-state index < -0.39 is 12.1 Å². The Bertz CT molecular complexity index is 614. The van der Waals surface area contributed by atoms with Crippen molar-refractivity contribution < 1.29 is 19.8 Å². The van der Waals surface area contributed by atoms with Gasteiger partial charge in [-0.15, -0.1) is 12.3 Å². The standard InChI is InChI=1S/C14H17N3O4/c1-3-4-5-6-17-12(13(18)19)10-8-16(14(20)21)9(2)7-11(10)15-17/h1,9H,4-8H2,2H3,(H,18,19)(H,20,21)/t9-/m1/s1. The number of amides is 1. The van der Waals surface area contributed by atoms with Crippen LogP contribution in [0.2, 0.25) is 0 Å². The lowest BCUT2D eigenvalue weighted by atomic mass is 10.00. The third kappa shape index (κ3) is 2.84. The van der Waals surface area contributed by atoms with Crippen LogP contribution in [0.15, 0.2) is 0 Å². The van der Waals surface area contributed by atoms with Gasteiger partial charge in [0.1, 0.15) is 0 Å². The van der Waals surface area contributed by atoms with Crippen molar-refractivity contribution in [1.82, 2.24) is 14.7 Å². The summed E-state index contributed by atoms with van der Waals surface area (Å²) in [6, 6.07) is -0.217. The van der Waals surface area contributed by atoms with Crippen molar-refractivity contribution in [3.63, 3.8) is 0 Å². The highest BCUT2D eigenvalue weighted by Gasteiger charge is 2.33. The Kier molecular flexibility index (Phi) is 4.17. The summed E-state index contributed by atoms with van der Waals surface area (Å²) < 4.78 is 1.43.